The molecule has 33 heavy (non-hydrogen) atoms. The summed E-state index contributed by atoms with van der Waals surface area (Å²) in [7, 11) is 0. The average Bonchev–Trinajstić information content (AvgIpc) is 2.75. The van der Waals surface area contributed by atoms with Crippen LogP contribution in [0.1, 0.15) is 34.1 Å². The molecule has 3 rings (SSSR count). The van der Waals surface area contributed by atoms with Gasteiger partial charge in [-0.15, -0.1) is 0 Å². The second kappa shape index (κ2) is 10.2. The van der Waals surface area contributed by atoms with Crippen molar-refractivity contribution in [1.82, 2.24) is 15.3 Å². The lowest BCUT2D eigenvalue weighted by atomic mass is 10.0. The highest BCUT2D eigenvalue weighted by molar-refractivity contribution is 5.94. The van der Waals surface area contributed by atoms with Gasteiger partial charge in [0.1, 0.15) is 5.78 Å². The minimum atomic E-state index is -4.50. The number of aryl methyl sites for hydroxylation is 1. The molecule has 0 radical (unpaired) electrons. The molecule has 0 saturated heterocycles. The lowest BCUT2D eigenvalue weighted by molar-refractivity contribution is -0.154. The summed E-state index contributed by atoms with van der Waals surface area (Å²) in [6.07, 6.45) is -1.55. The molecule has 0 aliphatic carbocycles. The number of halogens is 3. The highest BCUT2D eigenvalue weighted by Gasteiger charge is 2.29. The zero-order valence-electron chi connectivity index (χ0n) is 18.1. The molecule has 0 aliphatic heterocycles. The van der Waals surface area contributed by atoms with Gasteiger partial charge in [-0.2, -0.15) is 13.2 Å². The number of alkyl halides is 3. The van der Waals surface area contributed by atoms with Crippen molar-refractivity contribution in [3.05, 3.63) is 77.2 Å². The molecular weight excluding hydrogens is 435 g/mol. The van der Waals surface area contributed by atoms with Gasteiger partial charge in [-0.25, -0.2) is 4.98 Å². The van der Waals surface area contributed by atoms with E-state index in [0.717, 1.165) is 5.56 Å². The third-order valence-electron chi connectivity index (χ3n) is 4.57. The third kappa shape index (κ3) is 7.13. The van der Waals surface area contributed by atoms with Crippen LogP contribution >= 0.6 is 0 Å². The maximum absolute atomic E-state index is 12.7. The lowest BCUT2D eigenvalue weighted by Gasteiger charge is -2.14. The number of hydrogen-bond acceptors (Lipinski definition) is 5. The van der Waals surface area contributed by atoms with Crippen LogP contribution in [-0.2, 0) is 17.8 Å². The van der Waals surface area contributed by atoms with E-state index in [1.807, 2.05) is 19.1 Å². The van der Waals surface area contributed by atoms with E-state index in [1.54, 1.807) is 24.3 Å². The summed E-state index contributed by atoms with van der Waals surface area (Å²) >= 11 is 0. The maximum atomic E-state index is 12.7. The van der Waals surface area contributed by atoms with E-state index >= 15 is 0 Å². The third-order valence-corrected chi connectivity index (χ3v) is 4.57. The van der Waals surface area contributed by atoms with Gasteiger partial charge in [0.25, 0.3) is 5.91 Å². The fourth-order valence-electron chi connectivity index (χ4n) is 3.13. The molecule has 0 fully saturated rings. The number of nitrogens with zero attached hydrogens (tertiary/aromatic N) is 2. The Morgan fingerprint density at radius 1 is 1.09 bits per heavy atom. The number of aromatic nitrogens is 2. The van der Waals surface area contributed by atoms with Crippen LogP contribution in [0.5, 0.6) is 5.88 Å². The number of hydrogen-bond donors (Lipinski definition) is 1. The molecule has 1 aromatic carbocycles. The SMILES string of the molecule is CC(=O)Cc1cc(C(=O)NCc2cnc(OCC(F)(F)F)c(-c3cccc(C)c3)c2)ccn1. The molecule has 0 unspecified atom stereocenters. The number of ketones is 1. The molecule has 9 heteroatoms. The van der Waals surface area contributed by atoms with Crippen LogP contribution in [0.4, 0.5) is 13.2 Å². The summed E-state index contributed by atoms with van der Waals surface area (Å²) in [4.78, 5) is 32.0. The summed E-state index contributed by atoms with van der Waals surface area (Å²) in [6, 6.07) is 11.9. The van der Waals surface area contributed by atoms with Crippen LogP contribution in [0.3, 0.4) is 0 Å². The summed E-state index contributed by atoms with van der Waals surface area (Å²) in [5.74, 6) is -0.588. The van der Waals surface area contributed by atoms with Gasteiger partial charge in [0, 0.05) is 42.2 Å². The molecule has 172 valence electrons. The number of carbonyl (C=O) groups is 2. The van der Waals surface area contributed by atoms with Crippen LogP contribution in [0.15, 0.2) is 54.9 Å². The van der Waals surface area contributed by atoms with E-state index in [-0.39, 0.29) is 30.5 Å². The first-order valence-corrected chi connectivity index (χ1v) is 10.1. The fraction of sp³-hybridized carbons (Fsp3) is 0.250. The number of benzene rings is 1. The Bertz CT molecular complexity index is 1160. The van der Waals surface area contributed by atoms with Crippen molar-refractivity contribution >= 4 is 11.7 Å². The summed E-state index contributed by atoms with van der Waals surface area (Å²) in [6.45, 7) is 1.94. The van der Waals surface area contributed by atoms with Crippen LogP contribution in [0.25, 0.3) is 11.1 Å². The topological polar surface area (TPSA) is 81.2 Å². The highest BCUT2D eigenvalue weighted by atomic mass is 19.4. The zero-order valence-corrected chi connectivity index (χ0v) is 18.1. The van der Waals surface area contributed by atoms with Crippen molar-refractivity contribution in [2.75, 3.05) is 6.61 Å². The molecule has 0 aliphatic rings. The summed E-state index contributed by atoms with van der Waals surface area (Å²) in [5, 5.41) is 2.75. The zero-order chi connectivity index (χ0) is 24.0. The Morgan fingerprint density at radius 3 is 2.58 bits per heavy atom. The molecule has 2 aromatic heterocycles. The second-order valence-corrected chi connectivity index (χ2v) is 7.57. The molecule has 2 heterocycles. The van der Waals surface area contributed by atoms with Gasteiger partial charge in [-0.05, 0) is 43.2 Å². The largest absolute Gasteiger partial charge is 0.468 e. The first-order chi connectivity index (χ1) is 15.6. The monoisotopic (exact) mass is 457 g/mol. The van der Waals surface area contributed by atoms with Crippen molar-refractivity contribution in [3.8, 4) is 17.0 Å². The Morgan fingerprint density at radius 2 is 1.88 bits per heavy atom. The van der Waals surface area contributed by atoms with E-state index in [4.69, 9.17) is 4.74 Å². The smallest absolute Gasteiger partial charge is 0.422 e. The lowest BCUT2D eigenvalue weighted by Crippen LogP contribution is -2.23. The van der Waals surface area contributed by atoms with Gasteiger partial charge in [-0.1, -0.05) is 29.8 Å². The van der Waals surface area contributed by atoms with Gasteiger partial charge < -0.3 is 10.1 Å². The molecule has 3 aromatic rings. The van der Waals surface area contributed by atoms with Crippen LogP contribution in [0.2, 0.25) is 0 Å². The number of amides is 1. The van der Waals surface area contributed by atoms with Gasteiger partial charge in [0.05, 0.1) is 0 Å². The first-order valence-electron chi connectivity index (χ1n) is 10.1. The number of Topliss-reactive ketones (excluding diaryl/α,β-unsaturated/α-hetero) is 1. The van der Waals surface area contributed by atoms with Crippen molar-refractivity contribution in [3.63, 3.8) is 0 Å². The quantitative estimate of drug-likeness (QED) is 0.540. The summed E-state index contributed by atoms with van der Waals surface area (Å²) in [5.41, 5.74) is 3.38. The molecule has 1 amide bonds. The first kappa shape index (κ1) is 23.9. The Hall–Kier alpha value is -3.75. The summed E-state index contributed by atoms with van der Waals surface area (Å²) < 4.78 is 42.9. The van der Waals surface area contributed by atoms with Crippen LogP contribution < -0.4 is 10.1 Å². The van der Waals surface area contributed by atoms with Crippen molar-refractivity contribution in [2.45, 2.75) is 33.0 Å². The van der Waals surface area contributed by atoms with E-state index in [1.165, 1.54) is 25.4 Å². The molecule has 0 spiro atoms. The van der Waals surface area contributed by atoms with E-state index in [2.05, 4.69) is 15.3 Å². The number of pyridine rings is 2. The molecular formula is C24H22F3N3O3. The molecule has 1 N–H and O–H groups in total. The van der Waals surface area contributed by atoms with E-state index < -0.39 is 12.8 Å². The fourth-order valence-corrected chi connectivity index (χ4v) is 3.13. The number of carbonyl (C=O) groups excluding carboxylic acids is 2. The molecule has 0 saturated carbocycles. The number of rotatable bonds is 8. The Balaban J connectivity index is 1.80. The van der Waals surface area contributed by atoms with Crippen LogP contribution in [-0.4, -0.2) is 34.4 Å². The van der Waals surface area contributed by atoms with E-state index in [0.29, 0.717) is 27.9 Å². The standard InChI is InChI=1S/C24H22F3N3O3/c1-15-4-3-5-18(8-15)21-10-17(13-30-23(21)33-14-24(25,26)27)12-29-22(32)19-6-7-28-20(11-19)9-16(2)31/h3-8,10-11,13H,9,12,14H2,1-2H3,(H,29,32). The molecule has 6 nitrogen and oxygen atoms in total. The minimum absolute atomic E-state index is 0.0670. The van der Waals surface area contributed by atoms with Crippen molar-refractivity contribution in [1.29, 1.82) is 0 Å². The highest BCUT2D eigenvalue weighted by Crippen LogP contribution is 2.31. The Kier molecular flexibility index (Phi) is 7.42. The minimum Gasteiger partial charge on any atom is -0.468 e. The normalized spacial score (nSPS) is 11.2. The van der Waals surface area contributed by atoms with Gasteiger partial charge in [0.15, 0.2) is 6.61 Å². The van der Waals surface area contributed by atoms with Crippen molar-refractivity contribution in [2.24, 2.45) is 0 Å². The van der Waals surface area contributed by atoms with E-state index in [9.17, 15) is 22.8 Å². The molecule has 0 bridgehead atoms. The van der Waals surface area contributed by atoms with Gasteiger partial charge in [-0.3, -0.25) is 14.6 Å². The molecule has 0 atom stereocenters. The second-order valence-electron chi connectivity index (χ2n) is 7.57. The number of nitrogens with one attached hydrogen (secondary N) is 1. The Labute approximate surface area is 188 Å². The van der Waals surface area contributed by atoms with Gasteiger partial charge in [0.2, 0.25) is 5.88 Å². The predicted molar refractivity (Wildman–Crippen MR) is 116 cm³/mol. The maximum Gasteiger partial charge on any atom is 0.422 e. The number of ether oxygens (including phenoxy) is 1. The van der Waals surface area contributed by atoms with Gasteiger partial charge >= 0.3 is 6.18 Å². The predicted octanol–water partition coefficient (Wildman–Crippen LogP) is 4.45. The average molecular weight is 457 g/mol. The van der Waals surface area contributed by atoms with Crippen LogP contribution in [0, 0.1) is 6.92 Å². The van der Waals surface area contributed by atoms with Crippen molar-refractivity contribution < 1.29 is 27.5 Å².